The second-order valence-electron chi connectivity index (χ2n) is 6.00. The van der Waals surface area contributed by atoms with E-state index in [1.54, 1.807) is 0 Å². The maximum Gasteiger partial charge on any atom is 0.407 e. The SMILES string of the molecule is CC(C)(C)[N+]1(C(=O)[O-])C[C@@H]2CN(C(=O)O)C[C@@H]21. The average Bonchev–Trinajstić information content (AvgIpc) is 2.42. The molecule has 0 saturated carbocycles. The van der Waals surface area contributed by atoms with Gasteiger partial charge in [-0.15, -0.1) is 0 Å². The number of carbonyl (C=O) groups is 2. The number of fused-ring (bicyclic) bond motifs is 1. The van der Waals surface area contributed by atoms with E-state index >= 15 is 0 Å². The zero-order valence-electron chi connectivity index (χ0n) is 10.3. The topological polar surface area (TPSA) is 80.7 Å². The predicted molar refractivity (Wildman–Crippen MR) is 57.2 cm³/mol. The van der Waals surface area contributed by atoms with Crippen LogP contribution in [-0.2, 0) is 0 Å². The molecule has 6 heteroatoms. The van der Waals surface area contributed by atoms with Crippen LogP contribution in [0.2, 0.25) is 0 Å². The van der Waals surface area contributed by atoms with Gasteiger partial charge in [-0.05, 0) is 20.8 Å². The third-order valence-electron chi connectivity index (χ3n) is 4.29. The molecule has 1 unspecified atom stereocenters. The van der Waals surface area contributed by atoms with Crippen molar-refractivity contribution in [1.29, 1.82) is 0 Å². The molecule has 0 aromatic rings. The molecule has 2 aliphatic rings. The predicted octanol–water partition coefficient (Wildman–Crippen LogP) is -0.0630. The molecule has 2 aliphatic heterocycles. The summed E-state index contributed by atoms with van der Waals surface area (Å²) in [5, 5.41) is 20.4. The highest BCUT2D eigenvalue weighted by Gasteiger charge is 2.65. The number of quaternary nitrogens is 1. The molecular weight excluding hydrogens is 224 g/mol. The molecule has 0 aliphatic carbocycles. The molecule has 0 radical (unpaired) electrons. The first kappa shape index (κ1) is 12.2. The summed E-state index contributed by atoms with van der Waals surface area (Å²) in [6.45, 7) is 6.81. The van der Waals surface area contributed by atoms with Gasteiger partial charge in [-0.2, -0.15) is 0 Å². The largest absolute Gasteiger partial charge is 0.498 e. The minimum absolute atomic E-state index is 0.124. The van der Waals surface area contributed by atoms with Gasteiger partial charge in [-0.3, -0.25) is 4.48 Å². The molecule has 6 nitrogen and oxygen atoms in total. The van der Waals surface area contributed by atoms with Crippen LogP contribution in [0.4, 0.5) is 9.59 Å². The zero-order chi connectivity index (χ0) is 13.0. The number of carboxylic acid groups (broad SMARTS) is 2. The lowest BCUT2D eigenvalue weighted by atomic mass is 9.81. The molecule has 2 saturated heterocycles. The average molecular weight is 242 g/mol. The van der Waals surface area contributed by atoms with Crippen molar-refractivity contribution in [2.24, 2.45) is 5.92 Å². The van der Waals surface area contributed by atoms with E-state index in [2.05, 4.69) is 0 Å². The molecule has 2 heterocycles. The lowest BCUT2D eigenvalue weighted by molar-refractivity contribution is -0.983. The number of nitrogens with zero attached hydrogens (tertiary/aromatic N) is 2. The van der Waals surface area contributed by atoms with Gasteiger partial charge in [0.25, 0.3) is 6.09 Å². The van der Waals surface area contributed by atoms with Crippen LogP contribution in [0, 0.1) is 5.92 Å². The van der Waals surface area contributed by atoms with E-state index in [9.17, 15) is 14.7 Å². The molecular formula is C11H18N2O4. The van der Waals surface area contributed by atoms with Crippen LogP contribution in [-0.4, -0.2) is 57.9 Å². The van der Waals surface area contributed by atoms with E-state index in [0.717, 1.165) is 0 Å². The van der Waals surface area contributed by atoms with Crippen molar-refractivity contribution in [3.63, 3.8) is 0 Å². The van der Waals surface area contributed by atoms with Crippen LogP contribution < -0.4 is 5.11 Å². The van der Waals surface area contributed by atoms with Crippen LogP contribution in [0.25, 0.3) is 0 Å². The Morgan fingerprint density at radius 2 is 1.94 bits per heavy atom. The summed E-state index contributed by atoms with van der Waals surface area (Å²) in [6.07, 6.45) is -2.06. The molecule has 0 spiro atoms. The van der Waals surface area contributed by atoms with Crippen molar-refractivity contribution in [2.75, 3.05) is 19.6 Å². The summed E-state index contributed by atoms with van der Waals surface area (Å²) in [5.41, 5.74) is -0.464. The van der Waals surface area contributed by atoms with Crippen LogP contribution in [0.1, 0.15) is 20.8 Å². The molecule has 0 bridgehead atoms. The monoisotopic (exact) mass is 242 g/mol. The van der Waals surface area contributed by atoms with Crippen molar-refractivity contribution in [3.05, 3.63) is 0 Å². The van der Waals surface area contributed by atoms with Gasteiger partial charge in [-0.25, -0.2) is 4.79 Å². The summed E-state index contributed by atoms with van der Waals surface area (Å²) in [7, 11) is 0. The van der Waals surface area contributed by atoms with Gasteiger partial charge in [0.1, 0.15) is 6.04 Å². The maximum atomic E-state index is 11.5. The minimum atomic E-state index is -1.09. The standard InChI is InChI=1S/C11H18N2O4/c1-11(2,3)13(10(16)17)6-7-4-12(9(14)15)5-8(7)13/h7-8H,4-6H2,1-3H3,(H-,14,15,16,17)/t7-,8-,13?/m0/s1. The van der Waals surface area contributed by atoms with Gasteiger partial charge < -0.3 is 19.9 Å². The smallest absolute Gasteiger partial charge is 0.407 e. The molecule has 17 heavy (non-hydrogen) atoms. The normalized spacial score (nSPS) is 36.3. The number of amides is 2. The van der Waals surface area contributed by atoms with Crippen LogP contribution in [0.5, 0.6) is 0 Å². The number of rotatable bonds is 0. The summed E-state index contributed by atoms with van der Waals surface area (Å²) in [6, 6.07) is -0.156. The van der Waals surface area contributed by atoms with Crippen molar-refractivity contribution in [3.8, 4) is 0 Å². The number of likely N-dealkylation sites (tertiary alicyclic amines) is 2. The van der Waals surface area contributed by atoms with Crippen molar-refractivity contribution >= 4 is 12.2 Å². The molecule has 3 atom stereocenters. The Bertz CT molecular complexity index is 376. The highest BCUT2D eigenvalue weighted by atomic mass is 16.4. The summed E-state index contributed by atoms with van der Waals surface area (Å²) in [5.74, 6) is 0.156. The van der Waals surface area contributed by atoms with E-state index in [0.29, 0.717) is 19.6 Å². The second-order valence-corrected chi connectivity index (χ2v) is 6.00. The van der Waals surface area contributed by atoms with Gasteiger partial charge in [-0.1, -0.05) is 0 Å². The van der Waals surface area contributed by atoms with E-state index in [4.69, 9.17) is 5.11 Å². The van der Waals surface area contributed by atoms with Gasteiger partial charge >= 0.3 is 6.09 Å². The number of hydrogen-bond acceptors (Lipinski definition) is 3. The fourth-order valence-electron chi connectivity index (χ4n) is 3.31. The summed E-state index contributed by atoms with van der Waals surface area (Å²) in [4.78, 5) is 23.7. The molecule has 96 valence electrons. The molecule has 2 rings (SSSR count). The minimum Gasteiger partial charge on any atom is -0.498 e. The molecule has 0 aromatic heterocycles. The summed E-state index contributed by atoms with van der Waals surface area (Å²) >= 11 is 0. The van der Waals surface area contributed by atoms with Crippen LogP contribution >= 0.6 is 0 Å². The first-order chi connectivity index (χ1) is 7.70. The Labute approximate surface area is 100 Å². The van der Waals surface area contributed by atoms with E-state index in [1.807, 2.05) is 20.8 Å². The third-order valence-corrected chi connectivity index (χ3v) is 4.29. The first-order valence-corrected chi connectivity index (χ1v) is 5.77. The van der Waals surface area contributed by atoms with Gasteiger partial charge in [0.15, 0.2) is 0 Å². The van der Waals surface area contributed by atoms with E-state index < -0.39 is 17.7 Å². The van der Waals surface area contributed by atoms with Gasteiger partial charge in [0.2, 0.25) is 0 Å². The summed E-state index contributed by atoms with van der Waals surface area (Å²) < 4.78 is -0.124. The van der Waals surface area contributed by atoms with E-state index in [-0.39, 0.29) is 16.4 Å². The third kappa shape index (κ3) is 1.43. The number of hydrogen-bond donors (Lipinski definition) is 1. The van der Waals surface area contributed by atoms with Crippen molar-refractivity contribution in [1.82, 2.24) is 4.90 Å². The van der Waals surface area contributed by atoms with Gasteiger partial charge in [0.05, 0.1) is 24.5 Å². The first-order valence-electron chi connectivity index (χ1n) is 5.77. The number of carbonyl (C=O) groups excluding carboxylic acids is 1. The quantitative estimate of drug-likeness (QED) is 0.603. The fourth-order valence-corrected chi connectivity index (χ4v) is 3.31. The Kier molecular flexibility index (Phi) is 2.40. The maximum absolute atomic E-state index is 11.5. The Hall–Kier alpha value is -1.30. The molecule has 2 amide bonds. The van der Waals surface area contributed by atoms with Crippen molar-refractivity contribution in [2.45, 2.75) is 32.4 Å². The Morgan fingerprint density at radius 3 is 2.35 bits per heavy atom. The highest BCUT2D eigenvalue weighted by Crippen LogP contribution is 2.45. The van der Waals surface area contributed by atoms with Crippen LogP contribution in [0.3, 0.4) is 0 Å². The van der Waals surface area contributed by atoms with Gasteiger partial charge in [0, 0.05) is 6.54 Å². The van der Waals surface area contributed by atoms with Crippen molar-refractivity contribution < 1.29 is 24.3 Å². The highest BCUT2D eigenvalue weighted by molar-refractivity contribution is 5.66. The zero-order valence-corrected chi connectivity index (χ0v) is 10.3. The lowest BCUT2D eigenvalue weighted by Gasteiger charge is -2.60. The Balaban J connectivity index is 2.26. The lowest BCUT2D eigenvalue weighted by Crippen LogP contribution is -2.81. The van der Waals surface area contributed by atoms with E-state index in [1.165, 1.54) is 4.90 Å². The second kappa shape index (κ2) is 3.35. The molecule has 0 aromatic carbocycles. The molecule has 1 N–H and O–H groups in total. The Morgan fingerprint density at radius 1 is 1.35 bits per heavy atom. The fraction of sp³-hybridized carbons (Fsp3) is 0.818. The molecule has 2 fully saturated rings. The van der Waals surface area contributed by atoms with Crippen LogP contribution in [0.15, 0.2) is 0 Å².